The van der Waals surface area contributed by atoms with Crippen LogP contribution in [0.4, 0.5) is 5.82 Å². The minimum absolute atomic E-state index is 0.0824. The van der Waals surface area contributed by atoms with Crippen LogP contribution in [0.3, 0.4) is 0 Å². The second kappa shape index (κ2) is 7.57. The molecule has 3 rings (SSSR count). The van der Waals surface area contributed by atoms with Crippen molar-refractivity contribution in [2.24, 2.45) is 0 Å². The zero-order valence-electron chi connectivity index (χ0n) is 14.2. The molecule has 7 nitrogen and oxygen atoms in total. The van der Waals surface area contributed by atoms with Crippen LogP contribution in [0.25, 0.3) is 5.82 Å². The third-order valence-corrected chi connectivity index (χ3v) is 3.60. The van der Waals surface area contributed by atoms with Gasteiger partial charge in [-0.25, -0.2) is 4.68 Å². The van der Waals surface area contributed by atoms with E-state index in [1.165, 1.54) is 0 Å². The van der Waals surface area contributed by atoms with E-state index < -0.39 is 0 Å². The lowest BCUT2D eigenvalue weighted by Crippen LogP contribution is -2.29. The Morgan fingerprint density at radius 3 is 2.64 bits per heavy atom. The van der Waals surface area contributed by atoms with E-state index in [-0.39, 0.29) is 5.91 Å². The lowest BCUT2D eigenvalue weighted by molar-refractivity contribution is 0.0955. The molecule has 2 N–H and O–H groups in total. The Labute approximate surface area is 146 Å². The van der Waals surface area contributed by atoms with Gasteiger partial charge in [0.15, 0.2) is 5.82 Å². The van der Waals surface area contributed by atoms with Crippen molar-refractivity contribution in [2.75, 3.05) is 18.4 Å². The number of hydrogen-bond acceptors (Lipinski definition) is 5. The number of carbonyl (C=O) groups excluding carboxylic acids is 1. The average molecular weight is 336 g/mol. The van der Waals surface area contributed by atoms with E-state index in [2.05, 4.69) is 25.9 Å². The summed E-state index contributed by atoms with van der Waals surface area (Å²) in [6.45, 7) is 4.94. The maximum atomic E-state index is 12.0. The molecule has 0 atom stereocenters. The molecule has 0 radical (unpaired) electrons. The molecule has 2 heterocycles. The quantitative estimate of drug-likeness (QED) is 0.674. The highest BCUT2D eigenvalue weighted by atomic mass is 16.1. The van der Waals surface area contributed by atoms with Gasteiger partial charge in [0.1, 0.15) is 5.82 Å². The largest absolute Gasteiger partial charge is 0.367 e. The van der Waals surface area contributed by atoms with Crippen LogP contribution in [0.5, 0.6) is 0 Å². The molecule has 7 heteroatoms. The molecule has 0 aliphatic rings. The number of rotatable bonds is 6. The molecule has 0 spiro atoms. The standard InChI is InChI=1S/C18H20N6O/c1-13-4-3-5-15(12-13)18(25)20-10-9-19-16-6-7-17(22-21-16)24-11-8-14(2)23-24/h3-8,11-12H,9-10H2,1-2H3,(H,19,21)(H,20,25). The number of hydrogen-bond donors (Lipinski definition) is 2. The van der Waals surface area contributed by atoms with Gasteiger partial charge < -0.3 is 10.6 Å². The molecule has 0 saturated heterocycles. The van der Waals surface area contributed by atoms with Crippen LogP contribution in [-0.4, -0.2) is 39.0 Å². The molecular weight excluding hydrogens is 316 g/mol. The van der Waals surface area contributed by atoms with Crippen LogP contribution in [-0.2, 0) is 0 Å². The predicted octanol–water partition coefficient (Wildman–Crippen LogP) is 2.12. The molecule has 25 heavy (non-hydrogen) atoms. The highest BCUT2D eigenvalue weighted by molar-refractivity contribution is 5.94. The minimum Gasteiger partial charge on any atom is -0.367 e. The number of nitrogens with zero attached hydrogens (tertiary/aromatic N) is 4. The number of carbonyl (C=O) groups is 1. The van der Waals surface area contributed by atoms with Crippen LogP contribution in [0.2, 0.25) is 0 Å². The molecule has 0 fully saturated rings. The van der Waals surface area contributed by atoms with E-state index in [9.17, 15) is 4.79 Å². The molecule has 0 aliphatic heterocycles. The van der Waals surface area contributed by atoms with Gasteiger partial charge in [-0.15, -0.1) is 10.2 Å². The summed E-state index contributed by atoms with van der Waals surface area (Å²) in [6, 6.07) is 13.1. The summed E-state index contributed by atoms with van der Waals surface area (Å²) in [4.78, 5) is 12.0. The Bertz CT molecular complexity index is 856. The van der Waals surface area contributed by atoms with Gasteiger partial charge in [-0.1, -0.05) is 17.7 Å². The van der Waals surface area contributed by atoms with Crippen molar-refractivity contribution in [3.05, 3.63) is 65.5 Å². The number of nitrogens with one attached hydrogen (secondary N) is 2. The van der Waals surface area contributed by atoms with Gasteiger partial charge in [0.05, 0.1) is 5.69 Å². The van der Waals surface area contributed by atoms with Gasteiger partial charge in [0.2, 0.25) is 0 Å². The lowest BCUT2D eigenvalue weighted by atomic mass is 10.1. The number of anilines is 1. The fraction of sp³-hybridized carbons (Fsp3) is 0.222. The molecule has 0 saturated carbocycles. The number of amides is 1. The number of aryl methyl sites for hydroxylation is 2. The van der Waals surface area contributed by atoms with E-state index >= 15 is 0 Å². The topological polar surface area (TPSA) is 84.7 Å². The van der Waals surface area contributed by atoms with Crippen molar-refractivity contribution >= 4 is 11.7 Å². The predicted molar refractivity (Wildman–Crippen MR) is 95.9 cm³/mol. The Kier molecular flexibility index (Phi) is 5.03. The molecule has 0 aliphatic carbocycles. The normalized spacial score (nSPS) is 10.5. The van der Waals surface area contributed by atoms with Gasteiger partial charge in [0.25, 0.3) is 5.91 Å². The summed E-state index contributed by atoms with van der Waals surface area (Å²) >= 11 is 0. The Balaban J connectivity index is 1.47. The first-order valence-electron chi connectivity index (χ1n) is 8.07. The fourth-order valence-electron chi connectivity index (χ4n) is 2.34. The van der Waals surface area contributed by atoms with Gasteiger partial charge in [0, 0.05) is 24.8 Å². The summed E-state index contributed by atoms with van der Waals surface area (Å²) in [5, 5.41) is 18.5. The molecule has 2 aromatic heterocycles. The molecule has 0 bridgehead atoms. The van der Waals surface area contributed by atoms with Crippen molar-refractivity contribution in [1.82, 2.24) is 25.3 Å². The van der Waals surface area contributed by atoms with Crippen LogP contribution >= 0.6 is 0 Å². The van der Waals surface area contributed by atoms with E-state index in [1.807, 2.05) is 56.4 Å². The van der Waals surface area contributed by atoms with Gasteiger partial charge in [-0.3, -0.25) is 4.79 Å². The van der Waals surface area contributed by atoms with Gasteiger partial charge in [-0.05, 0) is 44.2 Å². The molecule has 0 unspecified atom stereocenters. The Morgan fingerprint density at radius 1 is 1.08 bits per heavy atom. The first-order chi connectivity index (χ1) is 12.1. The third kappa shape index (κ3) is 4.41. The Hall–Kier alpha value is -3.22. The van der Waals surface area contributed by atoms with E-state index in [1.54, 1.807) is 10.7 Å². The van der Waals surface area contributed by atoms with Crippen LogP contribution in [0, 0.1) is 13.8 Å². The van der Waals surface area contributed by atoms with E-state index in [4.69, 9.17) is 0 Å². The smallest absolute Gasteiger partial charge is 0.251 e. The minimum atomic E-state index is -0.0824. The zero-order valence-corrected chi connectivity index (χ0v) is 14.2. The van der Waals surface area contributed by atoms with Gasteiger partial charge in [-0.2, -0.15) is 5.10 Å². The summed E-state index contributed by atoms with van der Waals surface area (Å²) < 4.78 is 1.67. The summed E-state index contributed by atoms with van der Waals surface area (Å²) in [7, 11) is 0. The number of benzene rings is 1. The molecule has 1 amide bonds. The average Bonchev–Trinajstić information content (AvgIpc) is 3.05. The van der Waals surface area contributed by atoms with E-state index in [0.717, 1.165) is 11.3 Å². The highest BCUT2D eigenvalue weighted by Gasteiger charge is 2.05. The van der Waals surface area contributed by atoms with Gasteiger partial charge >= 0.3 is 0 Å². The van der Waals surface area contributed by atoms with Crippen LogP contribution < -0.4 is 10.6 Å². The summed E-state index contributed by atoms with van der Waals surface area (Å²) in [5.41, 5.74) is 2.65. The summed E-state index contributed by atoms with van der Waals surface area (Å²) in [6.07, 6.45) is 1.84. The van der Waals surface area contributed by atoms with Crippen molar-refractivity contribution in [3.8, 4) is 5.82 Å². The van der Waals surface area contributed by atoms with Crippen molar-refractivity contribution in [2.45, 2.75) is 13.8 Å². The number of aromatic nitrogens is 4. The second-order valence-corrected chi connectivity index (χ2v) is 5.73. The zero-order chi connectivity index (χ0) is 17.6. The summed E-state index contributed by atoms with van der Waals surface area (Å²) in [5.74, 6) is 1.23. The monoisotopic (exact) mass is 336 g/mol. The van der Waals surface area contributed by atoms with Crippen molar-refractivity contribution < 1.29 is 4.79 Å². The fourth-order valence-corrected chi connectivity index (χ4v) is 2.34. The highest BCUT2D eigenvalue weighted by Crippen LogP contribution is 2.06. The van der Waals surface area contributed by atoms with Crippen LogP contribution in [0.15, 0.2) is 48.7 Å². The SMILES string of the molecule is Cc1cccc(C(=O)NCCNc2ccc(-n3ccc(C)n3)nn2)c1. The molecule has 3 aromatic rings. The maximum absolute atomic E-state index is 12.0. The molecule has 128 valence electrons. The second-order valence-electron chi connectivity index (χ2n) is 5.73. The molecular formula is C18H20N6O. The Morgan fingerprint density at radius 2 is 1.96 bits per heavy atom. The third-order valence-electron chi connectivity index (χ3n) is 3.60. The first-order valence-corrected chi connectivity index (χ1v) is 8.07. The molecule has 1 aromatic carbocycles. The first kappa shape index (κ1) is 16.6. The van der Waals surface area contributed by atoms with Crippen LogP contribution in [0.1, 0.15) is 21.6 Å². The maximum Gasteiger partial charge on any atom is 0.251 e. The van der Waals surface area contributed by atoms with E-state index in [0.29, 0.717) is 30.3 Å². The lowest BCUT2D eigenvalue weighted by Gasteiger charge is -2.08. The van der Waals surface area contributed by atoms with Crippen molar-refractivity contribution in [3.63, 3.8) is 0 Å². The van der Waals surface area contributed by atoms with Crippen molar-refractivity contribution in [1.29, 1.82) is 0 Å².